The van der Waals surface area contributed by atoms with Gasteiger partial charge in [0, 0.05) is 34.6 Å². The van der Waals surface area contributed by atoms with Crippen molar-refractivity contribution in [1.82, 2.24) is 4.90 Å². The molecule has 0 radical (unpaired) electrons. The molecule has 0 fully saturated rings. The fraction of sp³-hybridized carbons (Fsp3) is 0.286. The van der Waals surface area contributed by atoms with Gasteiger partial charge in [-0.25, -0.2) is 0 Å². The lowest BCUT2D eigenvalue weighted by Crippen LogP contribution is -2.42. The van der Waals surface area contributed by atoms with Gasteiger partial charge in [-0.15, -0.1) is 0 Å². The number of carbonyl (C=O) groups is 1. The Hall–Kier alpha value is -2.23. The molecule has 1 heterocycles. The average Bonchev–Trinajstić information content (AvgIpc) is 3.18. The molecule has 1 N–H and O–H groups in total. The first-order chi connectivity index (χ1) is 14.9. The van der Waals surface area contributed by atoms with E-state index in [-0.39, 0.29) is 26.5 Å². The number of thioether (sulfide) groups is 1. The molecule has 0 spiro atoms. The molecular formula is C21H18Cl2F3N3O2S. The van der Waals surface area contributed by atoms with E-state index in [9.17, 15) is 18.0 Å². The van der Waals surface area contributed by atoms with Crippen LogP contribution in [0.3, 0.4) is 0 Å². The van der Waals surface area contributed by atoms with E-state index in [0.717, 1.165) is 23.9 Å². The molecule has 0 bridgehead atoms. The van der Waals surface area contributed by atoms with Crippen molar-refractivity contribution >= 4 is 51.8 Å². The third-order valence-electron chi connectivity index (χ3n) is 5.11. The molecule has 2 aromatic rings. The molecule has 5 nitrogen and oxygen atoms in total. The van der Waals surface area contributed by atoms with Gasteiger partial charge in [-0.05, 0) is 54.6 Å². The maximum Gasteiger partial charge on any atom is 0.435 e. The van der Waals surface area contributed by atoms with Crippen LogP contribution >= 0.6 is 35.0 Å². The highest BCUT2D eigenvalue weighted by Gasteiger charge is 2.62. The van der Waals surface area contributed by atoms with Crippen LogP contribution in [0.1, 0.15) is 33.5 Å². The Balaban J connectivity index is 1.94. The molecule has 0 aliphatic carbocycles. The molecule has 1 unspecified atom stereocenters. The van der Waals surface area contributed by atoms with Gasteiger partial charge in [0.2, 0.25) is 0 Å². The number of aryl methyl sites for hydroxylation is 1. The van der Waals surface area contributed by atoms with E-state index in [2.05, 4.69) is 5.16 Å². The number of alkyl halides is 3. The Morgan fingerprint density at radius 3 is 2.38 bits per heavy atom. The molecule has 170 valence electrons. The average molecular weight is 504 g/mol. The van der Waals surface area contributed by atoms with Crippen LogP contribution < -0.4 is 0 Å². The van der Waals surface area contributed by atoms with Gasteiger partial charge in [-0.3, -0.25) is 15.1 Å². The number of oxime groups is 1. The lowest BCUT2D eigenvalue weighted by molar-refractivity contribution is -0.275. The normalized spacial score (nSPS) is 18.2. The van der Waals surface area contributed by atoms with E-state index < -0.39 is 24.1 Å². The Bertz CT molecular complexity index is 1100. The van der Waals surface area contributed by atoms with E-state index in [1.807, 2.05) is 0 Å². The van der Waals surface area contributed by atoms with Gasteiger partial charge in [0.1, 0.15) is 0 Å². The van der Waals surface area contributed by atoms with E-state index in [0.29, 0.717) is 16.7 Å². The summed E-state index contributed by atoms with van der Waals surface area (Å²) in [6.07, 6.45) is -3.70. The molecule has 1 atom stereocenters. The Kier molecular flexibility index (Phi) is 6.83. The number of nitrogens with one attached hydrogen (secondary N) is 1. The number of benzene rings is 2. The molecule has 0 aromatic heterocycles. The highest BCUT2D eigenvalue weighted by atomic mass is 35.5. The highest BCUT2D eigenvalue weighted by molar-refractivity contribution is 8.13. The molecule has 0 saturated carbocycles. The molecule has 11 heteroatoms. The Morgan fingerprint density at radius 1 is 1.22 bits per heavy atom. The van der Waals surface area contributed by atoms with E-state index >= 15 is 0 Å². The zero-order chi connectivity index (χ0) is 23.8. The van der Waals surface area contributed by atoms with Crippen LogP contribution in [0.2, 0.25) is 10.0 Å². The SMILES string of the molecule is CSC(=N)N(C)C(=O)c1ccc(C2=NOC(c3cc(Cl)cc(Cl)c3)(C(F)(F)F)C2)cc1C. The molecule has 3 rings (SSSR count). The fourth-order valence-corrected chi connectivity index (χ4v) is 4.22. The summed E-state index contributed by atoms with van der Waals surface area (Å²) in [5, 5.41) is 11.7. The lowest BCUT2D eigenvalue weighted by Gasteiger charge is -2.29. The number of amides is 1. The minimum absolute atomic E-state index is 0.0480. The van der Waals surface area contributed by atoms with Gasteiger partial charge < -0.3 is 4.84 Å². The quantitative estimate of drug-likeness (QED) is 0.397. The molecular weight excluding hydrogens is 486 g/mol. The van der Waals surface area contributed by atoms with Gasteiger partial charge >= 0.3 is 6.18 Å². The number of hydrogen-bond acceptors (Lipinski definition) is 5. The minimum Gasteiger partial charge on any atom is -0.374 e. The van der Waals surface area contributed by atoms with Crippen molar-refractivity contribution in [2.75, 3.05) is 13.3 Å². The van der Waals surface area contributed by atoms with Gasteiger partial charge in [0.25, 0.3) is 11.5 Å². The summed E-state index contributed by atoms with van der Waals surface area (Å²) in [6.45, 7) is 1.66. The summed E-state index contributed by atoms with van der Waals surface area (Å²) in [4.78, 5) is 18.8. The minimum atomic E-state index is -4.79. The van der Waals surface area contributed by atoms with Crippen LogP contribution in [-0.4, -0.2) is 41.2 Å². The van der Waals surface area contributed by atoms with Crippen molar-refractivity contribution in [2.24, 2.45) is 5.16 Å². The van der Waals surface area contributed by atoms with Crippen LogP contribution in [0.15, 0.2) is 41.6 Å². The lowest BCUT2D eigenvalue weighted by atomic mass is 9.86. The predicted octanol–water partition coefficient (Wildman–Crippen LogP) is 6.25. The summed E-state index contributed by atoms with van der Waals surface area (Å²) in [6, 6.07) is 8.23. The monoisotopic (exact) mass is 503 g/mol. The van der Waals surface area contributed by atoms with Crippen LogP contribution in [0, 0.1) is 12.3 Å². The Labute approximate surface area is 197 Å². The number of hydrogen-bond donors (Lipinski definition) is 1. The maximum absolute atomic E-state index is 14.1. The topological polar surface area (TPSA) is 65.8 Å². The molecule has 32 heavy (non-hydrogen) atoms. The van der Waals surface area contributed by atoms with Gasteiger partial charge in [0.05, 0.1) is 5.71 Å². The van der Waals surface area contributed by atoms with Crippen molar-refractivity contribution in [2.45, 2.75) is 25.1 Å². The van der Waals surface area contributed by atoms with Gasteiger partial charge in [-0.1, -0.05) is 46.2 Å². The zero-order valence-electron chi connectivity index (χ0n) is 17.2. The number of rotatable bonds is 3. The molecule has 0 saturated heterocycles. The summed E-state index contributed by atoms with van der Waals surface area (Å²) >= 11 is 13.0. The first-order valence-electron chi connectivity index (χ1n) is 9.19. The van der Waals surface area contributed by atoms with E-state index in [1.165, 1.54) is 30.1 Å². The number of carbonyl (C=O) groups excluding carboxylic acids is 1. The van der Waals surface area contributed by atoms with Crippen molar-refractivity contribution in [3.8, 4) is 0 Å². The van der Waals surface area contributed by atoms with Crippen LogP contribution in [0.5, 0.6) is 0 Å². The third kappa shape index (κ3) is 4.46. The standard InChI is InChI=1S/C21H18Cl2F3N3O2S/c1-11-6-12(4-5-16(11)18(30)29(2)19(27)32-3)17-10-20(31-28-17,21(24,25)26)13-7-14(22)9-15(23)8-13/h4-9,27H,10H2,1-3H3. The summed E-state index contributed by atoms with van der Waals surface area (Å²) in [5.41, 5.74) is -1.65. The summed E-state index contributed by atoms with van der Waals surface area (Å²) < 4.78 is 42.4. The molecule has 2 aromatic carbocycles. The first-order valence-corrected chi connectivity index (χ1v) is 11.2. The maximum atomic E-state index is 14.1. The largest absolute Gasteiger partial charge is 0.435 e. The Morgan fingerprint density at radius 2 is 1.84 bits per heavy atom. The van der Waals surface area contributed by atoms with Crippen LogP contribution in [0.25, 0.3) is 0 Å². The number of nitrogens with zero attached hydrogens (tertiary/aromatic N) is 2. The van der Waals surface area contributed by atoms with Gasteiger partial charge in [-0.2, -0.15) is 13.2 Å². The predicted molar refractivity (Wildman–Crippen MR) is 121 cm³/mol. The fourth-order valence-electron chi connectivity index (χ4n) is 3.34. The first kappa shape index (κ1) is 24.4. The van der Waals surface area contributed by atoms with Crippen LogP contribution in [-0.2, 0) is 10.4 Å². The zero-order valence-corrected chi connectivity index (χ0v) is 19.5. The second kappa shape index (κ2) is 8.96. The van der Waals surface area contributed by atoms with Crippen molar-refractivity contribution in [3.05, 3.63) is 68.7 Å². The number of amidine groups is 1. The summed E-state index contributed by atoms with van der Waals surface area (Å²) in [7, 11) is 1.48. The number of halogens is 5. The van der Waals surface area contributed by atoms with Crippen LogP contribution in [0.4, 0.5) is 13.2 Å². The van der Waals surface area contributed by atoms with Gasteiger partial charge in [0.15, 0.2) is 5.17 Å². The second-order valence-electron chi connectivity index (χ2n) is 7.19. The van der Waals surface area contributed by atoms with E-state index in [4.69, 9.17) is 33.4 Å². The summed E-state index contributed by atoms with van der Waals surface area (Å²) in [5.74, 6) is -0.392. The van der Waals surface area contributed by atoms with Crippen molar-refractivity contribution in [3.63, 3.8) is 0 Å². The second-order valence-corrected chi connectivity index (χ2v) is 8.86. The molecule has 1 aliphatic heterocycles. The van der Waals surface area contributed by atoms with Crippen molar-refractivity contribution < 1.29 is 22.8 Å². The molecule has 1 aliphatic rings. The third-order valence-corrected chi connectivity index (χ3v) is 6.20. The smallest absolute Gasteiger partial charge is 0.374 e. The van der Waals surface area contributed by atoms with Crippen molar-refractivity contribution in [1.29, 1.82) is 5.41 Å². The van der Waals surface area contributed by atoms with E-state index in [1.54, 1.807) is 19.2 Å². The molecule has 1 amide bonds. The highest BCUT2D eigenvalue weighted by Crippen LogP contribution is 2.49.